The molecule has 1 N–H and O–H groups in total. The van der Waals surface area contributed by atoms with Gasteiger partial charge in [-0.2, -0.15) is 0 Å². The van der Waals surface area contributed by atoms with Crippen molar-refractivity contribution in [3.8, 4) is 11.5 Å². The summed E-state index contributed by atoms with van der Waals surface area (Å²) in [5, 5.41) is 12.7. The van der Waals surface area contributed by atoms with E-state index in [-0.39, 0.29) is 6.61 Å². The van der Waals surface area contributed by atoms with Crippen LogP contribution in [0, 0.1) is 10.1 Å². The molecule has 0 aliphatic rings. The van der Waals surface area contributed by atoms with E-state index in [1.54, 1.807) is 56.6 Å². The van der Waals surface area contributed by atoms with Gasteiger partial charge in [0.2, 0.25) is 0 Å². The molecule has 0 saturated carbocycles. The number of ether oxygens (including phenoxy) is 3. The highest BCUT2D eigenvalue weighted by atomic mass is 16.6. The molecule has 0 fully saturated rings. The Kier molecular flexibility index (Phi) is 6.01. The van der Waals surface area contributed by atoms with Crippen molar-refractivity contribution in [1.82, 2.24) is 4.98 Å². The first-order chi connectivity index (χ1) is 14.0. The summed E-state index contributed by atoms with van der Waals surface area (Å²) in [6.45, 7) is 1.67. The largest absolute Gasteiger partial charge is 0.497 e. The minimum Gasteiger partial charge on any atom is -0.497 e. The van der Waals surface area contributed by atoms with Gasteiger partial charge in [0.05, 0.1) is 26.7 Å². The fraction of sp³-hybridized carbons (Fsp3) is 0.286. The third-order valence-corrected chi connectivity index (χ3v) is 4.80. The van der Waals surface area contributed by atoms with Gasteiger partial charge in [0.25, 0.3) is 0 Å². The number of nitrogens with zero attached hydrogens (tertiary/aromatic N) is 1. The molecule has 0 unspecified atom stereocenters. The summed E-state index contributed by atoms with van der Waals surface area (Å²) in [5.74, 6) is -0.520. The predicted molar refractivity (Wildman–Crippen MR) is 107 cm³/mol. The monoisotopic (exact) mass is 398 g/mol. The number of fused-ring (bicyclic) bond motifs is 1. The number of esters is 1. The van der Waals surface area contributed by atoms with E-state index in [1.807, 2.05) is 6.07 Å². The Balaban J connectivity index is 2.21. The molecule has 8 nitrogen and oxygen atoms in total. The highest BCUT2D eigenvalue weighted by Gasteiger charge is 2.43. The summed E-state index contributed by atoms with van der Waals surface area (Å²) in [7, 11) is 3.09. The molecule has 0 aliphatic carbocycles. The molecule has 0 aliphatic heterocycles. The van der Waals surface area contributed by atoms with E-state index in [0.29, 0.717) is 22.6 Å². The average Bonchev–Trinajstić information content (AvgIpc) is 3.14. The Morgan fingerprint density at radius 3 is 2.34 bits per heavy atom. The van der Waals surface area contributed by atoms with Gasteiger partial charge in [0.1, 0.15) is 11.5 Å². The Bertz CT molecular complexity index is 1010. The van der Waals surface area contributed by atoms with Crippen LogP contribution in [0.25, 0.3) is 10.9 Å². The Morgan fingerprint density at radius 1 is 1.10 bits per heavy atom. The number of nitro groups is 1. The second kappa shape index (κ2) is 8.64. The zero-order chi connectivity index (χ0) is 21.0. The van der Waals surface area contributed by atoms with Gasteiger partial charge in [0, 0.05) is 22.0 Å². The lowest BCUT2D eigenvalue weighted by Crippen LogP contribution is -2.37. The van der Waals surface area contributed by atoms with E-state index in [0.717, 1.165) is 10.9 Å². The fourth-order valence-electron chi connectivity index (χ4n) is 3.42. The molecule has 0 saturated heterocycles. The van der Waals surface area contributed by atoms with Crippen LogP contribution in [0.5, 0.6) is 11.5 Å². The molecule has 1 heterocycles. The van der Waals surface area contributed by atoms with Crippen LogP contribution in [-0.4, -0.2) is 42.7 Å². The van der Waals surface area contributed by atoms with Gasteiger partial charge in [-0.05, 0) is 48.4 Å². The van der Waals surface area contributed by atoms with Crippen molar-refractivity contribution in [2.75, 3.05) is 20.8 Å². The summed E-state index contributed by atoms with van der Waals surface area (Å²) in [6, 6.07) is 10.7. The van der Waals surface area contributed by atoms with Crippen molar-refractivity contribution in [2.24, 2.45) is 0 Å². The van der Waals surface area contributed by atoms with Gasteiger partial charge >= 0.3 is 12.0 Å². The number of methoxy groups -OCH3 is 2. The quantitative estimate of drug-likeness (QED) is 0.354. The van der Waals surface area contributed by atoms with Crippen LogP contribution in [0.1, 0.15) is 24.0 Å². The maximum atomic E-state index is 12.6. The smallest absolute Gasteiger partial charge is 0.382 e. The molecule has 29 heavy (non-hydrogen) atoms. The summed E-state index contributed by atoms with van der Waals surface area (Å²) in [4.78, 5) is 27.0. The molecule has 8 heteroatoms. The minimum absolute atomic E-state index is 0.0558. The molecule has 0 spiro atoms. The molecule has 3 aromatic rings. The van der Waals surface area contributed by atoms with E-state index in [1.165, 1.54) is 7.11 Å². The molecule has 3 rings (SSSR count). The normalized spacial score (nSPS) is 12.9. The van der Waals surface area contributed by atoms with Gasteiger partial charge in [-0.25, -0.2) is 4.79 Å². The Morgan fingerprint density at radius 2 is 1.76 bits per heavy atom. The summed E-state index contributed by atoms with van der Waals surface area (Å²) in [5.41, 5.74) is 1.99. The highest BCUT2D eigenvalue weighted by Crippen LogP contribution is 2.37. The summed E-state index contributed by atoms with van der Waals surface area (Å²) < 4.78 is 15.5. The van der Waals surface area contributed by atoms with Gasteiger partial charge in [-0.3, -0.25) is 10.1 Å². The van der Waals surface area contributed by atoms with Gasteiger partial charge in [0.15, 0.2) is 0 Å². The number of rotatable bonds is 8. The lowest BCUT2D eigenvalue weighted by molar-refractivity contribution is -0.513. The van der Waals surface area contributed by atoms with E-state index < -0.39 is 22.9 Å². The number of aromatic amines is 1. The molecule has 0 amide bonds. The van der Waals surface area contributed by atoms with E-state index >= 15 is 0 Å². The zero-order valence-corrected chi connectivity index (χ0v) is 16.4. The summed E-state index contributed by atoms with van der Waals surface area (Å²) >= 11 is 0. The summed E-state index contributed by atoms with van der Waals surface area (Å²) in [6.07, 6.45) is 1.69. The number of hydrogen-bond acceptors (Lipinski definition) is 6. The second-order valence-electron chi connectivity index (χ2n) is 6.39. The predicted octanol–water partition coefficient (Wildman–Crippen LogP) is 3.53. The number of nitrogens with one attached hydrogen (secondary N) is 1. The van der Waals surface area contributed by atoms with Crippen LogP contribution in [-0.2, 0) is 9.53 Å². The SMILES string of the molecule is CCOC(=O)[C@@H]([C@H](c1ccc(OC)cc1)c1c[nH]c2ccc(OC)cc12)[N+](=O)[O-]. The molecule has 0 radical (unpaired) electrons. The number of benzene rings is 2. The van der Waals surface area contributed by atoms with Crippen molar-refractivity contribution in [1.29, 1.82) is 0 Å². The Hall–Kier alpha value is -3.55. The lowest BCUT2D eigenvalue weighted by atomic mass is 9.85. The standard InChI is InChI=1S/C21H22N2O6/c1-4-29-21(24)20(23(25)26)19(13-5-7-14(27-2)8-6-13)17-12-22-18-10-9-15(28-3)11-16(17)18/h5-12,19-20,22H,4H2,1-3H3/t19-,20-/m1/s1. The zero-order valence-electron chi connectivity index (χ0n) is 16.4. The van der Waals surface area contributed by atoms with Crippen molar-refractivity contribution in [3.05, 3.63) is 69.9 Å². The van der Waals surface area contributed by atoms with Gasteiger partial charge < -0.3 is 19.2 Å². The number of hydrogen-bond donors (Lipinski definition) is 1. The maximum absolute atomic E-state index is 12.6. The first kappa shape index (κ1) is 20.2. The first-order valence-corrected chi connectivity index (χ1v) is 9.09. The van der Waals surface area contributed by atoms with Crippen LogP contribution in [0.15, 0.2) is 48.7 Å². The molecular formula is C21H22N2O6. The minimum atomic E-state index is -1.60. The van der Waals surface area contributed by atoms with E-state index in [4.69, 9.17) is 14.2 Å². The van der Waals surface area contributed by atoms with Crippen molar-refractivity contribution in [2.45, 2.75) is 18.9 Å². The first-order valence-electron chi connectivity index (χ1n) is 9.09. The number of H-pyrrole nitrogens is 1. The van der Waals surface area contributed by atoms with Gasteiger partial charge in [-0.1, -0.05) is 12.1 Å². The third kappa shape index (κ3) is 4.01. The molecular weight excluding hydrogens is 376 g/mol. The number of aromatic nitrogens is 1. The average molecular weight is 398 g/mol. The third-order valence-electron chi connectivity index (χ3n) is 4.80. The van der Waals surface area contributed by atoms with Crippen molar-refractivity contribution in [3.63, 3.8) is 0 Å². The van der Waals surface area contributed by atoms with Crippen molar-refractivity contribution < 1.29 is 23.9 Å². The number of carbonyl (C=O) groups is 1. The second-order valence-corrected chi connectivity index (χ2v) is 6.39. The Labute approximate surface area is 167 Å². The fourth-order valence-corrected chi connectivity index (χ4v) is 3.42. The highest BCUT2D eigenvalue weighted by molar-refractivity contribution is 5.87. The van der Waals surface area contributed by atoms with E-state index in [9.17, 15) is 14.9 Å². The van der Waals surface area contributed by atoms with Crippen molar-refractivity contribution >= 4 is 16.9 Å². The molecule has 2 atom stereocenters. The van der Waals surface area contributed by atoms with Gasteiger partial charge in [-0.15, -0.1) is 0 Å². The number of carbonyl (C=O) groups excluding carboxylic acids is 1. The maximum Gasteiger partial charge on any atom is 0.382 e. The topological polar surface area (TPSA) is 104 Å². The van der Waals surface area contributed by atoms with Crippen LogP contribution < -0.4 is 9.47 Å². The molecule has 0 bridgehead atoms. The van der Waals surface area contributed by atoms with E-state index in [2.05, 4.69) is 4.98 Å². The molecule has 152 valence electrons. The molecule has 1 aromatic heterocycles. The van der Waals surface area contributed by atoms with Crippen LogP contribution >= 0.6 is 0 Å². The lowest BCUT2D eigenvalue weighted by Gasteiger charge is -2.20. The molecule has 2 aromatic carbocycles. The van der Waals surface area contributed by atoms with Crippen LogP contribution in [0.2, 0.25) is 0 Å². The van der Waals surface area contributed by atoms with Crippen LogP contribution in [0.3, 0.4) is 0 Å². The van der Waals surface area contributed by atoms with Crippen LogP contribution in [0.4, 0.5) is 0 Å².